The Morgan fingerprint density at radius 2 is 1.96 bits per heavy atom. The summed E-state index contributed by atoms with van der Waals surface area (Å²) in [6.07, 6.45) is 2.79. The summed E-state index contributed by atoms with van der Waals surface area (Å²) in [7, 11) is 3.30. The van der Waals surface area contributed by atoms with Crippen LogP contribution in [-0.4, -0.2) is 19.2 Å². The predicted molar refractivity (Wildman–Crippen MR) is 99.3 cm³/mol. The van der Waals surface area contributed by atoms with Gasteiger partial charge < -0.3 is 14.8 Å². The van der Waals surface area contributed by atoms with Gasteiger partial charge in [0.05, 0.1) is 20.3 Å². The van der Waals surface area contributed by atoms with Gasteiger partial charge in [-0.05, 0) is 46.5 Å². The Labute approximate surface area is 150 Å². The van der Waals surface area contributed by atoms with Crippen molar-refractivity contribution in [1.82, 2.24) is 10.3 Å². The maximum absolute atomic E-state index is 5.38. The smallest absolute Gasteiger partial charge is 0.161 e. The molecule has 0 aliphatic heterocycles. The van der Waals surface area contributed by atoms with Crippen LogP contribution in [0, 0.1) is 0 Å². The average molecular weight is 361 g/mol. The minimum Gasteiger partial charge on any atom is -0.493 e. The van der Waals surface area contributed by atoms with Crippen LogP contribution in [0.25, 0.3) is 0 Å². The number of benzene rings is 1. The number of rotatable bonds is 8. The molecule has 2 aromatic heterocycles. The number of methoxy groups -OCH3 is 2. The van der Waals surface area contributed by atoms with Gasteiger partial charge in [0.1, 0.15) is 5.01 Å². The van der Waals surface area contributed by atoms with Crippen LogP contribution in [0.2, 0.25) is 0 Å². The normalized spacial score (nSPS) is 12.1. The Morgan fingerprint density at radius 1 is 1.08 bits per heavy atom. The standard InChI is InChI=1S/C18H20N2O2S2/c1-21-16-4-3-13(10-17(16)22-2)11-20-15(18-19-6-8-24-18)9-14-5-7-23-12-14/h3-8,10,12,15,20H,9,11H2,1-2H3. The summed E-state index contributed by atoms with van der Waals surface area (Å²) >= 11 is 3.41. The summed E-state index contributed by atoms with van der Waals surface area (Å²) in [5, 5.41) is 11.1. The van der Waals surface area contributed by atoms with E-state index in [1.54, 1.807) is 36.9 Å². The quantitative estimate of drug-likeness (QED) is 0.651. The Balaban J connectivity index is 1.71. The molecule has 0 spiro atoms. The monoisotopic (exact) mass is 360 g/mol. The summed E-state index contributed by atoms with van der Waals surface area (Å²) in [6.45, 7) is 0.745. The highest BCUT2D eigenvalue weighted by Gasteiger charge is 2.15. The lowest BCUT2D eigenvalue weighted by Gasteiger charge is -2.17. The van der Waals surface area contributed by atoms with Gasteiger partial charge in [0.15, 0.2) is 11.5 Å². The summed E-state index contributed by atoms with van der Waals surface area (Å²) < 4.78 is 10.7. The van der Waals surface area contributed by atoms with E-state index in [1.807, 2.05) is 23.7 Å². The Hall–Kier alpha value is -1.89. The van der Waals surface area contributed by atoms with Gasteiger partial charge in [0.2, 0.25) is 0 Å². The lowest BCUT2D eigenvalue weighted by Crippen LogP contribution is -2.22. The molecule has 1 N–H and O–H groups in total. The molecule has 0 aliphatic carbocycles. The third kappa shape index (κ3) is 4.14. The van der Waals surface area contributed by atoms with Crippen molar-refractivity contribution in [2.45, 2.75) is 19.0 Å². The van der Waals surface area contributed by atoms with Crippen LogP contribution in [0.5, 0.6) is 11.5 Å². The zero-order valence-electron chi connectivity index (χ0n) is 13.7. The first-order valence-electron chi connectivity index (χ1n) is 7.65. The topological polar surface area (TPSA) is 43.4 Å². The van der Waals surface area contributed by atoms with Gasteiger partial charge in [-0.3, -0.25) is 0 Å². The zero-order valence-corrected chi connectivity index (χ0v) is 15.3. The number of hydrogen-bond acceptors (Lipinski definition) is 6. The minimum absolute atomic E-state index is 0.202. The first-order valence-corrected chi connectivity index (χ1v) is 9.47. The molecule has 0 fully saturated rings. The summed E-state index contributed by atoms with van der Waals surface area (Å²) in [4.78, 5) is 4.49. The molecular formula is C18H20N2O2S2. The molecule has 0 radical (unpaired) electrons. The van der Waals surface area contributed by atoms with Crippen molar-refractivity contribution in [1.29, 1.82) is 0 Å². The number of aromatic nitrogens is 1. The molecule has 0 saturated heterocycles. The molecule has 3 aromatic rings. The zero-order chi connectivity index (χ0) is 16.8. The molecule has 0 bridgehead atoms. The van der Waals surface area contributed by atoms with E-state index in [9.17, 15) is 0 Å². The second-order valence-electron chi connectivity index (χ2n) is 5.33. The summed E-state index contributed by atoms with van der Waals surface area (Å²) in [5.41, 5.74) is 2.49. The van der Waals surface area contributed by atoms with Crippen LogP contribution in [0.1, 0.15) is 22.2 Å². The van der Waals surface area contributed by atoms with E-state index >= 15 is 0 Å². The molecule has 0 saturated carbocycles. The summed E-state index contributed by atoms with van der Waals surface area (Å²) in [6, 6.07) is 8.37. The third-order valence-corrected chi connectivity index (χ3v) is 5.39. The Morgan fingerprint density at radius 3 is 2.62 bits per heavy atom. The van der Waals surface area contributed by atoms with Crippen molar-refractivity contribution < 1.29 is 9.47 Å². The first kappa shape index (κ1) is 17.0. The largest absolute Gasteiger partial charge is 0.493 e. The first-order chi connectivity index (χ1) is 11.8. The molecule has 0 amide bonds. The van der Waals surface area contributed by atoms with E-state index in [2.05, 4.69) is 33.2 Å². The van der Waals surface area contributed by atoms with Crippen LogP contribution in [0.3, 0.4) is 0 Å². The lowest BCUT2D eigenvalue weighted by molar-refractivity contribution is 0.354. The van der Waals surface area contributed by atoms with Crippen molar-refractivity contribution in [3.8, 4) is 11.5 Å². The molecule has 0 aliphatic rings. The van der Waals surface area contributed by atoms with Gasteiger partial charge in [-0.25, -0.2) is 4.98 Å². The van der Waals surface area contributed by atoms with E-state index in [1.165, 1.54) is 5.56 Å². The van der Waals surface area contributed by atoms with Gasteiger partial charge >= 0.3 is 0 Å². The molecule has 2 heterocycles. The molecule has 3 rings (SSSR count). The fourth-order valence-corrected chi connectivity index (χ4v) is 3.92. The van der Waals surface area contributed by atoms with Gasteiger partial charge in [-0.2, -0.15) is 11.3 Å². The molecule has 1 aromatic carbocycles. The van der Waals surface area contributed by atoms with Crippen molar-refractivity contribution in [2.75, 3.05) is 14.2 Å². The molecule has 1 unspecified atom stereocenters. The lowest BCUT2D eigenvalue weighted by atomic mass is 10.1. The number of hydrogen-bond donors (Lipinski definition) is 1. The van der Waals surface area contributed by atoms with E-state index in [4.69, 9.17) is 9.47 Å². The van der Waals surface area contributed by atoms with Gasteiger partial charge in [0.25, 0.3) is 0 Å². The fourth-order valence-electron chi connectivity index (χ4n) is 2.53. The van der Waals surface area contributed by atoms with Crippen molar-refractivity contribution in [3.05, 3.63) is 62.7 Å². The molecule has 24 heavy (non-hydrogen) atoms. The number of thiazole rings is 1. The van der Waals surface area contributed by atoms with Gasteiger partial charge in [0, 0.05) is 18.1 Å². The van der Waals surface area contributed by atoms with Crippen LogP contribution in [0.4, 0.5) is 0 Å². The molecule has 4 nitrogen and oxygen atoms in total. The highest BCUT2D eigenvalue weighted by Crippen LogP contribution is 2.28. The Bertz CT molecular complexity index is 742. The van der Waals surface area contributed by atoms with E-state index < -0.39 is 0 Å². The van der Waals surface area contributed by atoms with Crippen LogP contribution in [-0.2, 0) is 13.0 Å². The van der Waals surface area contributed by atoms with Crippen LogP contribution in [0.15, 0.2) is 46.6 Å². The SMILES string of the molecule is COc1ccc(CNC(Cc2ccsc2)c2nccs2)cc1OC. The van der Waals surface area contributed by atoms with E-state index in [0.29, 0.717) is 0 Å². The number of thiophene rings is 1. The second kappa shape index (κ2) is 8.28. The molecule has 126 valence electrons. The van der Waals surface area contributed by atoms with Gasteiger partial charge in [-0.15, -0.1) is 11.3 Å². The van der Waals surface area contributed by atoms with Crippen molar-refractivity contribution in [3.63, 3.8) is 0 Å². The molecule has 1 atom stereocenters. The minimum atomic E-state index is 0.202. The maximum Gasteiger partial charge on any atom is 0.161 e. The highest BCUT2D eigenvalue weighted by atomic mass is 32.1. The van der Waals surface area contributed by atoms with Crippen molar-refractivity contribution in [2.24, 2.45) is 0 Å². The highest BCUT2D eigenvalue weighted by molar-refractivity contribution is 7.09. The van der Waals surface area contributed by atoms with Crippen LogP contribution < -0.4 is 14.8 Å². The maximum atomic E-state index is 5.38. The third-order valence-electron chi connectivity index (χ3n) is 3.77. The number of nitrogens with zero attached hydrogens (tertiary/aromatic N) is 1. The Kier molecular flexibility index (Phi) is 5.85. The van der Waals surface area contributed by atoms with Gasteiger partial charge in [-0.1, -0.05) is 6.07 Å². The predicted octanol–water partition coefficient (Wildman–Crippen LogP) is 4.30. The molecular weight excluding hydrogens is 340 g/mol. The molecule has 6 heteroatoms. The van der Waals surface area contributed by atoms with Crippen molar-refractivity contribution >= 4 is 22.7 Å². The average Bonchev–Trinajstić information content (AvgIpc) is 3.31. The van der Waals surface area contributed by atoms with E-state index in [0.717, 1.165) is 35.0 Å². The summed E-state index contributed by atoms with van der Waals surface area (Å²) in [5.74, 6) is 1.50. The number of nitrogens with one attached hydrogen (secondary N) is 1. The number of ether oxygens (including phenoxy) is 2. The fraction of sp³-hybridized carbons (Fsp3) is 0.278. The van der Waals surface area contributed by atoms with Crippen LogP contribution >= 0.6 is 22.7 Å². The van der Waals surface area contributed by atoms with E-state index in [-0.39, 0.29) is 6.04 Å². The second-order valence-corrected chi connectivity index (χ2v) is 7.04.